The van der Waals surface area contributed by atoms with Gasteiger partial charge in [0.05, 0.1) is 6.54 Å². The van der Waals surface area contributed by atoms with Gasteiger partial charge in [-0.25, -0.2) is 0 Å². The third kappa shape index (κ3) is 7.66. The highest BCUT2D eigenvalue weighted by molar-refractivity contribution is 5.97. The minimum atomic E-state index is -0.154. The second-order valence-corrected chi connectivity index (χ2v) is 8.35. The van der Waals surface area contributed by atoms with Gasteiger partial charge < -0.3 is 25.5 Å². The first kappa shape index (κ1) is 23.8. The Morgan fingerprint density at radius 1 is 1.06 bits per heavy atom. The number of nitrogens with one attached hydrogen (secondary N) is 2. The van der Waals surface area contributed by atoms with Gasteiger partial charge in [-0.2, -0.15) is 0 Å². The maximum Gasteiger partial charge on any atom is 0.253 e. The molecule has 3 rings (SSSR count). The highest BCUT2D eigenvalue weighted by Crippen LogP contribution is 2.13. The van der Waals surface area contributed by atoms with Gasteiger partial charge >= 0.3 is 0 Å². The first-order valence-corrected chi connectivity index (χ1v) is 11.4. The third-order valence-corrected chi connectivity index (χ3v) is 5.75. The summed E-state index contributed by atoms with van der Waals surface area (Å²) in [6.45, 7) is 4.67. The molecule has 0 saturated carbocycles. The Morgan fingerprint density at radius 2 is 1.81 bits per heavy atom. The predicted molar refractivity (Wildman–Crippen MR) is 127 cm³/mol. The fraction of sp³-hybridized carbons (Fsp3) is 0.440. The topological polar surface area (TPSA) is 84.9 Å². The van der Waals surface area contributed by atoms with E-state index < -0.39 is 0 Å². The zero-order valence-electron chi connectivity index (χ0n) is 18.8. The lowest BCUT2D eigenvalue weighted by Crippen LogP contribution is -2.38. The number of piperidine rings is 1. The fourth-order valence-electron chi connectivity index (χ4n) is 3.83. The van der Waals surface area contributed by atoms with E-state index in [2.05, 4.69) is 15.5 Å². The molecule has 7 heteroatoms. The average Bonchev–Trinajstić information content (AvgIpc) is 2.82. The Kier molecular flexibility index (Phi) is 9.07. The lowest BCUT2D eigenvalue weighted by atomic mass is 10.1. The molecule has 0 unspecified atom stereocenters. The van der Waals surface area contributed by atoms with Crippen molar-refractivity contribution in [3.63, 3.8) is 0 Å². The van der Waals surface area contributed by atoms with Crippen LogP contribution in [0.1, 0.15) is 35.2 Å². The number of phenols is 1. The third-order valence-electron chi connectivity index (χ3n) is 5.75. The largest absolute Gasteiger partial charge is 0.508 e. The zero-order valence-corrected chi connectivity index (χ0v) is 18.8. The molecule has 0 aromatic heterocycles. The molecule has 7 nitrogen and oxygen atoms in total. The van der Waals surface area contributed by atoms with Gasteiger partial charge in [0, 0.05) is 31.4 Å². The van der Waals surface area contributed by atoms with Crippen LogP contribution in [0.2, 0.25) is 0 Å². The zero-order chi connectivity index (χ0) is 22.8. The summed E-state index contributed by atoms with van der Waals surface area (Å²) in [5.74, 6) is 0.0545. The lowest BCUT2D eigenvalue weighted by Gasteiger charge is -2.28. The number of rotatable bonds is 10. The van der Waals surface area contributed by atoms with Gasteiger partial charge in [-0.3, -0.25) is 9.59 Å². The Labute approximate surface area is 190 Å². The van der Waals surface area contributed by atoms with Crippen LogP contribution in [0.4, 0.5) is 5.69 Å². The van der Waals surface area contributed by atoms with Gasteiger partial charge in [0.15, 0.2) is 0 Å². The molecule has 1 aliphatic heterocycles. The van der Waals surface area contributed by atoms with Crippen molar-refractivity contribution < 1.29 is 14.7 Å². The predicted octanol–water partition coefficient (Wildman–Crippen LogP) is 2.72. The van der Waals surface area contributed by atoms with Gasteiger partial charge in [0.25, 0.3) is 5.91 Å². The molecule has 1 aliphatic rings. The molecule has 0 bridgehead atoms. The molecular formula is C25H34N4O3. The highest BCUT2D eigenvalue weighted by Gasteiger charge is 2.15. The van der Waals surface area contributed by atoms with Crippen molar-refractivity contribution >= 4 is 17.5 Å². The number of benzene rings is 2. The second kappa shape index (κ2) is 12.2. The normalized spacial score (nSPS) is 14.2. The Hall–Kier alpha value is -2.90. The van der Waals surface area contributed by atoms with Gasteiger partial charge in [-0.05, 0) is 74.8 Å². The molecule has 2 amide bonds. The van der Waals surface area contributed by atoms with E-state index in [1.807, 2.05) is 19.2 Å². The Bertz CT molecular complexity index is 879. The van der Waals surface area contributed by atoms with E-state index in [0.29, 0.717) is 24.3 Å². The van der Waals surface area contributed by atoms with E-state index in [1.165, 1.54) is 19.3 Å². The molecule has 0 radical (unpaired) electrons. The Balaban J connectivity index is 1.41. The molecule has 3 N–H and O–H groups in total. The molecule has 172 valence electrons. The number of amides is 2. The van der Waals surface area contributed by atoms with Crippen molar-refractivity contribution in [2.24, 2.45) is 0 Å². The minimum Gasteiger partial charge on any atom is -0.508 e. The van der Waals surface area contributed by atoms with Crippen LogP contribution in [0.15, 0.2) is 48.5 Å². The monoisotopic (exact) mass is 438 g/mol. The molecule has 0 atom stereocenters. The van der Waals surface area contributed by atoms with Crippen LogP contribution in [0.3, 0.4) is 0 Å². The maximum absolute atomic E-state index is 12.8. The molecule has 1 heterocycles. The van der Waals surface area contributed by atoms with Crippen LogP contribution in [0.25, 0.3) is 0 Å². The maximum atomic E-state index is 12.8. The first-order chi connectivity index (χ1) is 15.5. The van der Waals surface area contributed by atoms with Crippen LogP contribution in [0.5, 0.6) is 5.75 Å². The van der Waals surface area contributed by atoms with E-state index in [0.717, 1.165) is 31.6 Å². The van der Waals surface area contributed by atoms with E-state index in [4.69, 9.17) is 0 Å². The number of hydrogen-bond donors (Lipinski definition) is 3. The number of likely N-dealkylation sites (tertiary alicyclic amines) is 1. The molecule has 2 aromatic carbocycles. The number of carbonyl (C=O) groups is 2. The fourth-order valence-corrected chi connectivity index (χ4v) is 3.83. The van der Waals surface area contributed by atoms with Crippen LogP contribution in [-0.4, -0.2) is 73.0 Å². The molecule has 1 saturated heterocycles. The summed E-state index contributed by atoms with van der Waals surface area (Å²) in [6, 6.07) is 14.1. The number of phenolic OH excluding ortho intramolecular Hbond substituents is 1. The van der Waals surface area contributed by atoms with E-state index >= 15 is 0 Å². The summed E-state index contributed by atoms with van der Waals surface area (Å²) < 4.78 is 0. The summed E-state index contributed by atoms with van der Waals surface area (Å²) in [5, 5.41) is 15.3. The quantitative estimate of drug-likeness (QED) is 0.497. The highest BCUT2D eigenvalue weighted by atomic mass is 16.3. The summed E-state index contributed by atoms with van der Waals surface area (Å²) in [7, 11) is 1.83. The molecule has 1 fully saturated rings. The summed E-state index contributed by atoms with van der Waals surface area (Å²) in [5.41, 5.74) is 2.28. The van der Waals surface area contributed by atoms with Crippen molar-refractivity contribution in [1.82, 2.24) is 15.1 Å². The molecular weight excluding hydrogens is 404 g/mol. The minimum absolute atomic E-state index is 0.0369. The van der Waals surface area contributed by atoms with Crippen LogP contribution >= 0.6 is 0 Å². The molecule has 0 spiro atoms. The van der Waals surface area contributed by atoms with Crippen LogP contribution < -0.4 is 10.6 Å². The van der Waals surface area contributed by atoms with E-state index in [1.54, 1.807) is 41.3 Å². The van der Waals surface area contributed by atoms with Crippen molar-refractivity contribution in [2.45, 2.75) is 25.7 Å². The molecule has 2 aromatic rings. The SMILES string of the molecule is CN(CCN1CCCCC1)C(=O)c1cccc(NC(=O)CNCCc2ccc(O)cc2)c1. The van der Waals surface area contributed by atoms with E-state index in [9.17, 15) is 14.7 Å². The summed E-state index contributed by atoms with van der Waals surface area (Å²) in [6.07, 6.45) is 4.55. The summed E-state index contributed by atoms with van der Waals surface area (Å²) in [4.78, 5) is 29.2. The van der Waals surface area contributed by atoms with Crippen LogP contribution in [0, 0.1) is 0 Å². The van der Waals surface area contributed by atoms with Gasteiger partial charge in [-0.15, -0.1) is 0 Å². The lowest BCUT2D eigenvalue weighted by molar-refractivity contribution is -0.115. The summed E-state index contributed by atoms with van der Waals surface area (Å²) >= 11 is 0. The number of hydrogen-bond acceptors (Lipinski definition) is 5. The van der Waals surface area contributed by atoms with Crippen LogP contribution in [-0.2, 0) is 11.2 Å². The van der Waals surface area contributed by atoms with Gasteiger partial charge in [-0.1, -0.05) is 24.6 Å². The van der Waals surface area contributed by atoms with Crippen molar-refractivity contribution in [3.8, 4) is 5.75 Å². The first-order valence-electron chi connectivity index (χ1n) is 11.4. The second-order valence-electron chi connectivity index (χ2n) is 8.35. The molecule has 0 aliphatic carbocycles. The average molecular weight is 439 g/mol. The van der Waals surface area contributed by atoms with Crippen molar-refractivity contribution in [2.75, 3.05) is 51.6 Å². The number of anilines is 1. The molecule has 32 heavy (non-hydrogen) atoms. The Morgan fingerprint density at radius 3 is 2.56 bits per heavy atom. The smallest absolute Gasteiger partial charge is 0.253 e. The number of carbonyl (C=O) groups excluding carboxylic acids is 2. The number of aromatic hydroxyl groups is 1. The number of nitrogens with zero attached hydrogens (tertiary/aromatic N) is 2. The van der Waals surface area contributed by atoms with Crippen molar-refractivity contribution in [3.05, 3.63) is 59.7 Å². The van der Waals surface area contributed by atoms with Crippen molar-refractivity contribution in [1.29, 1.82) is 0 Å². The van der Waals surface area contributed by atoms with Gasteiger partial charge in [0.2, 0.25) is 5.91 Å². The standard InChI is InChI=1S/C25H34N4O3/c1-28(16-17-29-14-3-2-4-15-29)25(32)21-6-5-7-22(18-21)27-24(31)19-26-13-12-20-8-10-23(30)11-9-20/h5-11,18,26,30H,2-4,12-17,19H2,1H3,(H,27,31). The van der Waals surface area contributed by atoms with E-state index in [-0.39, 0.29) is 24.1 Å². The number of likely N-dealkylation sites (N-methyl/N-ethyl adjacent to an activating group) is 1. The van der Waals surface area contributed by atoms with Gasteiger partial charge in [0.1, 0.15) is 5.75 Å².